The molecule has 0 fully saturated rings. The van der Waals surface area contributed by atoms with Crippen LogP contribution in [0.2, 0.25) is 0 Å². The Balaban J connectivity index is 3.10. The number of aryl methyl sites for hydroxylation is 1. The maximum atomic E-state index is 12.5. The first-order chi connectivity index (χ1) is 6.95. The van der Waals surface area contributed by atoms with Gasteiger partial charge in [0, 0.05) is 0 Å². The average molecular weight is 214 g/mol. The molecule has 0 N–H and O–H groups in total. The second kappa shape index (κ2) is 4.26. The summed E-state index contributed by atoms with van der Waals surface area (Å²) < 4.78 is 42.3. The van der Waals surface area contributed by atoms with E-state index in [0.717, 1.165) is 6.07 Å². The highest BCUT2D eigenvalue weighted by Crippen LogP contribution is 2.36. The Hall–Kier alpha value is -1.63. The molecular formula is C11H9F3O. The molecule has 1 aromatic rings. The molecule has 0 bridgehead atoms. The van der Waals surface area contributed by atoms with Crippen molar-refractivity contribution in [3.8, 4) is 18.1 Å². The summed E-state index contributed by atoms with van der Waals surface area (Å²) in [6.45, 7) is 1.51. The van der Waals surface area contributed by atoms with E-state index in [1.807, 2.05) is 0 Å². The molecule has 0 aliphatic rings. The van der Waals surface area contributed by atoms with Crippen molar-refractivity contribution < 1.29 is 17.9 Å². The van der Waals surface area contributed by atoms with Gasteiger partial charge in [-0.1, -0.05) is 12.0 Å². The van der Waals surface area contributed by atoms with E-state index in [9.17, 15) is 13.2 Å². The summed E-state index contributed by atoms with van der Waals surface area (Å²) in [7, 11) is 0. The lowest BCUT2D eigenvalue weighted by Crippen LogP contribution is -2.09. The second-order valence-corrected chi connectivity index (χ2v) is 2.99. The van der Waals surface area contributed by atoms with E-state index in [-0.39, 0.29) is 12.4 Å². The molecule has 1 nitrogen and oxygen atoms in total. The number of rotatable bonds is 2. The van der Waals surface area contributed by atoms with Crippen LogP contribution in [0.3, 0.4) is 0 Å². The van der Waals surface area contributed by atoms with Gasteiger partial charge in [0.05, 0.1) is 5.56 Å². The van der Waals surface area contributed by atoms with Crippen molar-refractivity contribution in [1.82, 2.24) is 0 Å². The lowest BCUT2D eigenvalue weighted by Gasteiger charge is -2.13. The third-order valence-corrected chi connectivity index (χ3v) is 1.75. The molecule has 0 unspecified atom stereocenters. The van der Waals surface area contributed by atoms with Gasteiger partial charge < -0.3 is 4.74 Å². The smallest absolute Gasteiger partial charge is 0.419 e. The van der Waals surface area contributed by atoms with E-state index < -0.39 is 11.7 Å². The van der Waals surface area contributed by atoms with E-state index in [1.54, 1.807) is 6.92 Å². The number of terminal acetylenes is 1. The van der Waals surface area contributed by atoms with Crippen LogP contribution in [-0.2, 0) is 6.18 Å². The first kappa shape index (κ1) is 11.4. The normalized spacial score (nSPS) is 10.9. The average Bonchev–Trinajstić information content (AvgIpc) is 2.12. The molecule has 0 radical (unpaired) electrons. The standard InChI is InChI=1S/C11H9F3O/c1-3-6-15-10-7-8(2)4-5-9(10)11(12,13)14/h1,4-5,7H,6H2,2H3. The van der Waals surface area contributed by atoms with Crippen molar-refractivity contribution in [2.45, 2.75) is 13.1 Å². The first-order valence-electron chi connectivity index (χ1n) is 4.19. The quantitative estimate of drug-likeness (QED) is 0.687. The molecule has 0 atom stereocenters. The Bertz CT molecular complexity index is 388. The lowest BCUT2D eigenvalue weighted by molar-refractivity contribution is -0.138. The third-order valence-electron chi connectivity index (χ3n) is 1.75. The number of benzene rings is 1. The third kappa shape index (κ3) is 2.91. The fraction of sp³-hybridized carbons (Fsp3) is 0.273. The number of hydrogen-bond acceptors (Lipinski definition) is 1. The van der Waals surface area contributed by atoms with E-state index in [1.165, 1.54) is 12.1 Å². The van der Waals surface area contributed by atoms with Crippen molar-refractivity contribution in [3.63, 3.8) is 0 Å². The molecule has 0 aliphatic heterocycles. The zero-order valence-corrected chi connectivity index (χ0v) is 8.06. The van der Waals surface area contributed by atoms with Crippen molar-refractivity contribution in [2.75, 3.05) is 6.61 Å². The van der Waals surface area contributed by atoms with E-state index in [2.05, 4.69) is 5.92 Å². The van der Waals surface area contributed by atoms with Crippen molar-refractivity contribution in [3.05, 3.63) is 29.3 Å². The predicted molar refractivity (Wildman–Crippen MR) is 50.5 cm³/mol. The van der Waals surface area contributed by atoms with Crippen LogP contribution in [0.1, 0.15) is 11.1 Å². The van der Waals surface area contributed by atoms with Crippen LogP contribution in [0.15, 0.2) is 18.2 Å². The summed E-state index contributed by atoms with van der Waals surface area (Å²) in [5, 5.41) is 0. The van der Waals surface area contributed by atoms with E-state index >= 15 is 0 Å². The Kier molecular flexibility index (Phi) is 3.25. The molecule has 0 aromatic heterocycles. The Morgan fingerprint density at radius 1 is 1.40 bits per heavy atom. The molecule has 0 heterocycles. The van der Waals surface area contributed by atoms with Crippen molar-refractivity contribution >= 4 is 0 Å². The highest BCUT2D eigenvalue weighted by Gasteiger charge is 2.34. The molecule has 80 valence electrons. The maximum Gasteiger partial charge on any atom is 0.419 e. The number of ether oxygens (including phenoxy) is 1. The van der Waals surface area contributed by atoms with Crippen LogP contribution >= 0.6 is 0 Å². The maximum absolute atomic E-state index is 12.5. The largest absolute Gasteiger partial charge is 0.480 e. The van der Waals surface area contributed by atoms with E-state index in [4.69, 9.17) is 11.2 Å². The van der Waals surface area contributed by atoms with E-state index in [0.29, 0.717) is 5.56 Å². The monoisotopic (exact) mass is 214 g/mol. The molecule has 0 saturated carbocycles. The Labute approximate surface area is 85.9 Å². The van der Waals surface area contributed by atoms with Gasteiger partial charge in [-0.15, -0.1) is 6.42 Å². The number of hydrogen-bond donors (Lipinski definition) is 0. The van der Waals surface area contributed by atoms with Gasteiger partial charge in [0.25, 0.3) is 0 Å². The van der Waals surface area contributed by atoms with Crippen LogP contribution in [0.5, 0.6) is 5.75 Å². The van der Waals surface area contributed by atoms with Gasteiger partial charge in [0.1, 0.15) is 12.4 Å². The second-order valence-electron chi connectivity index (χ2n) is 2.99. The van der Waals surface area contributed by atoms with Gasteiger partial charge in [-0.25, -0.2) is 0 Å². The van der Waals surface area contributed by atoms with Crippen LogP contribution in [-0.4, -0.2) is 6.61 Å². The lowest BCUT2D eigenvalue weighted by atomic mass is 10.1. The van der Waals surface area contributed by atoms with Crippen LogP contribution < -0.4 is 4.74 Å². The fourth-order valence-corrected chi connectivity index (χ4v) is 1.10. The highest BCUT2D eigenvalue weighted by molar-refractivity contribution is 5.39. The molecule has 0 aliphatic carbocycles. The Morgan fingerprint density at radius 2 is 2.07 bits per heavy atom. The zero-order valence-electron chi connectivity index (χ0n) is 8.06. The molecule has 1 rings (SSSR count). The van der Waals surface area contributed by atoms with Crippen LogP contribution in [0, 0.1) is 19.3 Å². The predicted octanol–water partition coefficient (Wildman–Crippen LogP) is 3.03. The highest BCUT2D eigenvalue weighted by atomic mass is 19.4. The SMILES string of the molecule is C#CCOc1cc(C)ccc1C(F)(F)F. The summed E-state index contributed by atoms with van der Waals surface area (Å²) >= 11 is 0. The minimum atomic E-state index is -4.42. The van der Waals surface area contributed by atoms with Gasteiger partial charge in [0.15, 0.2) is 0 Å². The van der Waals surface area contributed by atoms with Gasteiger partial charge >= 0.3 is 6.18 Å². The molecule has 1 aromatic carbocycles. The fourth-order valence-electron chi connectivity index (χ4n) is 1.10. The minimum Gasteiger partial charge on any atom is -0.480 e. The summed E-state index contributed by atoms with van der Waals surface area (Å²) in [6.07, 6.45) is 0.498. The van der Waals surface area contributed by atoms with Crippen molar-refractivity contribution in [1.29, 1.82) is 0 Å². The Morgan fingerprint density at radius 3 is 2.60 bits per heavy atom. The molecule has 4 heteroatoms. The molecule has 15 heavy (non-hydrogen) atoms. The van der Waals surface area contributed by atoms with Crippen LogP contribution in [0.4, 0.5) is 13.2 Å². The van der Waals surface area contributed by atoms with Gasteiger partial charge in [-0.3, -0.25) is 0 Å². The molecule has 0 saturated heterocycles. The molecule has 0 spiro atoms. The van der Waals surface area contributed by atoms with Gasteiger partial charge in [-0.2, -0.15) is 13.2 Å². The summed E-state index contributed by atoms with van der Waals surface area (Å²) in [5.41, 5.74) is -0.113. The van der Waals surface area contributed by atoms with Gasteiger partial charge in [0.2, 0.25) is 0 Å². The van der Waals surface area contributed by atoms with Crippen LogP contribution in [0.25, 0.3) is 0 Å². The number of alkyl halides is 3. The summed E-state index contributed by atoms with van der Waals surface area (Å²) in [6, 6.07) is 3.69. The van der Waals surface area contributed by atoms with Crippen molar-refractivity contribution in [2.24, 2.45) is 0 Å². The summed E-state index contributed by atoms with van der Waals surface area (Å²) in [4.78, 5) is 0. The molecule has 0 amide bonds. The zero-order chi connectivity index (χ0) is 11.5. The first-order valence-corrected chi connectivity index (χ1v) is 4.19. The summed E-state index contributed by atoms with van der Waals surface area (Å²) in [5.74, 6) is 1.90. The molecular weight excluding hydrogens is 205 g/mol. The topological polar surface area (TPSA) is 9.23 Å². The minimum absolute atomic E-state index is 0.174. The number of halogens is 3. The van der Waals surface area contributed by atoms with Gasteiger partial charge in [-0.05, 0) is 24.6 Å².